The van der Waals surface area contributed by atoms with Gasteiger partial charge in [-0.25, -0.2) is 4.85 Å². The van der Waals surface area contributed by atoms with Crippen LogP contribution in [0.5, 0.6) is 0 Å². The molecule has 0 amide bonds. The van der Waals surface area contributed by atoms with Crippen LogP contribution in [0.2, 0.25) is 0 Å². The SMILES string of the molecule is [2H]c1c([2H])c(-n2c3ccccc3c3cc([N+]#[C-])ccc32)c(-c2nc(-n3c4ccccc4c4ccccc43)nc(-n3c4ccccc4c4c([2H])c([2H])c([2H])c([2H])c43)n2)c(-n2c3ccccc3c3ccc4oc5ccccc5c4c32)c1[2H]. The first-order valence-electron chi connectivity index (χ1n) is 27.2. The van der Waals surface area contributed by atoms with Gasteiger partial charge >= 0.3 is 0 Å². The molecule has 0 unspecified atom stereocenters. The zero-order valence-electron chi connectivity index (χ0n) is 45.2. The molecule has 0 atom stereocenters. The monoisotopic (exact) mass is 939 g/mol. The Labute approximate surface area is 424 Å². The first-order chi connectivity index (χ1) is 39.1. The van der Waals surface area contributed by atoms with Gasteiger partial charge in [0.25, 0.3) is 0 Å². The maximum atomic E-state index is 10.4. The van der Waals surface area contributed by atoms with Crippen LogP contribution in [0.25, 0.3) is 149 Å². The van der Waals surface area contributed by atoms with Gasteiger partial charge in [0, 0.05) is 43.1 Å². The van der Waals surface area contributed by atoms with Crippen molar-refractivity contribution in [2.45, 2.75) is 0 Å². The molecule has 9 heteroatoms. The van der Waals surface area contributed by atoms with Gasteiger partial charge in [0.1, 0.15) is 11.2 Å². The quantitative estimate of drug-likeness (QED) is 0.161. The van der Waals surface area contributed by atoms with E-state index in [0.717, 1.165) is 54.1 Å². The van der Waals surface area contributed by atoms with Gasteiger partial charge in [-0.3, -0.25) is 9.13 Å². The van der Waals surface area contributed by atoms with Crippen molar-refractivity contribution >= 4 is 115 Å². The van der Waals surface area contributed by atoms with E-state index in [4.69, 9.17) is 28.7 Å². The Hall–Kier alpha value is -10.3. The fourth-order valence-electron chi connectivity index (χ4n) is 11.4. The number of benzene rings is 10. The summed E-state index contributed by atoms with van der Waals surface area (Å²) in [6.07, 6.45) is 0. The van der Waals surface area contributed by atoms with E-state index >= 15 is 0 Å². The van der Waals surface area contributed by atoms with Crippen molar-refractivity contribution in [1.82, 2.24) is 33.2 Å². The molecule has 0 aliphatic heterocycles. The zero-order chi connectivity index (χ0) is 54.0. The molecule has 0 N–H and O–H groups in total. The summed E-state index contributed by atoms with van der Waals surface area (Å²) in [6, 6.07) is 53.7. The number of hydrogen-bond acceptors (Lipinski definition) is 4. The summed E-state index contributed by atoms with van der Waals surface area (Å²) in [4.78, 5) is 20.2. The Kier molecular flexibility index (Phi) is 6.77. The molecule has 0 saturated carbocycles. The van der Waals surface area contributed by atoms with E-state index < -0.39 is 6.04 Å². The van der Waals surface area contributed by atoms with E-state index in [9.17, 15) is 6.85 Å². The second-order valence-corrected chi connectivity index (χ2v) is 18.1. The molecule has 73 heavy (non-hydrogen) atoms. The maximum absolute atomic E-state index is 10.4. The highest BCUT2D eigenvalue weighted by molar-refractivity contribution is 6.25. The Bertz CT molecular complexity index is 5460. The van der Waals surface area contributed by atoms with E-state index in [2.05, 4.69) is 4.85 Å². The van der Waals surface area contributed by atoms with Gasteiger partial charge in [-0.1, -0.05) is 139 Å². The summed E-state index contributed by atoms with van der Waals surface area (Å²) in [5.41, 5.74) is 7.04. The van der Waals surface area contributed by atoms with Gasteiger partial charge in [-0.2, -0.15) is 15.0 Å². The molecule has 6 heterocycles. The van der Waals surface area contributed by atoms with Crippen molar-refractivity contribution in [3.63, 3.8) is 0 Å². The molecule has 16 aromatic rings. The third kappa shape index (κ3) is 5.46. The number of fused-ring (bicyclic) bond motifs is 16. The number of rotatable bonds is 5. The lowest BCUT2D eigenvalue weighted by Gasteiger charge is -2.20. The lowest BCUT2D eigenvalue weighted by molar-refractivity contribution is 0.669. The van der Waals surface area contributed by atoms with Crippen LogP contribution in [-0.4, -0.2) is 33.2 Å². The van der Waals surface area contributed by atoms with Gasteiger partial charge in [0.05, 0.1) is 82.6 Å². The minimum absolute atomic E-state index is 0.00973. The number of furan rings is 1. The molecular weight excluding hydrogens is 897 g/mol. The number of nitrogens with zero attached hydrogens (tertiary/aromatic N) is 8. The van der Waals surface area contributed by atoms with Crippen LogP contribution in [0.1, 0.15) is 9.60 Å². The van der Waals surface area contributed by atoms with Crippen LogP contribution < -0.4 is 0 Å². The van der Waals surface area contributed by atoms with Gasteiger partial charge in [-0.15, -0.1) is 0 Å². The maximum Gasteiger partial charge on any atom is 0.240 e. The van der Waals surface area contributed by atoms with E-state index in [0.29, 0.717) is 49.8 Å². The van der Waals surface area contributed by atoms with E-state index in [-0.39, 0.29) is 81.8 Å². The van der Waals surface area contributed by atoms with Crippen LogP contribution in [0.15, 0.2) is 223 Å². The standard InChI is InChI=1S/C64H36N8O/c1-65-38-33-35-54-47(37-38)44-22-7-9-24-48(44)69(54)55-30-16-31-56(70-49-25-10-6-21-43(49)45-34-36-58-59(61(45)70)46-23-8-15-32-57(46)73-58)60(55)62-66-63(71-50-26-11-2-17-39(50)40-18-3-12-27-51(40)71)68-64(67-62)72-52-28-13-4-19-41(52)42-20-5-14-29-53(42)72/h2-37H/i2D,11D,16D,17D,26D,30D,31D. The lowest BCUT2D eigenvalue weighted by atomic mass is 10.1. The topological polar surface area (TPSA) is 75.9 Å². The molecule has 0 aliphatic rings. The van der Waals surface area contributed by atoms with Crippen LogP contribution in [0.3, 0.4) is 0 Å². The van der Waals surface area contributed by atoms with Crippen molar-refractivity contribution in [2.24, 2.45) is 0 Å². The average Bonchev–Trinajstić information content (AvgIpc) is 4.48. The Morgan fingerprint density at radius 3 is 1.56 bits per heavy atom. The highest BCUT2D eigenvalue weighted by atomic mass is 16.3. The molecule has 9 nitrogen and oxygen atoms in total. The molecule has 0 radical (unpaired) electrons. The second-order valence-electron chi connectivity index (χ2n) is 18.1. The van der Waals surface area contributed by atoms with Crippen molar-refractivity contribution in [3.05, 3.63) is 230 Å². The fraction of sp³-hybridized carbons (Fsp3) is 0. The van der Waals surface area contributed by atoms with Crippen molar-refractivity contribution < 1.29 is 14.0 Å². The number of aromatic nitrogens is 7. The fourth-order valence-corrected chi connectivity index (χ4v) is 11.4. The van der Waals surface area contributed by atoms with Crippen LogP contribution in [-0.2, 0) is 0 Å². The van der Waals surface area contributed by atoms with E-state index in [1.54, 1.807) is 10.6 Å². The van der Waals surface area contributed by atoms with E-state index in [1.807, 2.05) is 184 Å². The van der Waals surface area contributed by atoms with Gasteiger partial charge in [0.2, 0.25) is 11.9 Å². The van der Waals surface area contributed by atoms with Crippen molar-refractivity contribution in [3.8, 4) is 34.7 Å². The first kappa shape index (κ1) is 33.3. The predicted octanol–water partition coefficient (Wildman–Crippen LogP) is 16.4. The van der Waals surface area contributed by atoms with Crippen LogP contribution in [0.4, 0.5) is 5.69 Å². The van der Waals surface area contributed by atoms with Gasteiger partial charge < -0.3 is 13.6 Å². The Morgan fingerprint density at radius 1 is 0.397 bits per heavy atom. The normalized spacial score (nSPS) is 13.4. The summed E-state index contributed by atoms with van der Waals surface area (Å²) < 4.78 is 81.6. The van der Waals surface area contributed by atoms with Crippen LogP contribution >= 0.6 is 0 Å². The molecule has 338 valence electrons. The molecule has 0 aliphatic carbocycles. The second kappa shape index (κ2) is 14.9. The highest BCUT2D eigenvalue weighted by Gasteiger charge is 2.28. The lowest BCUT2D eigenvalue weighted by Crippen LogP contribution is -2.12. The third-order valence-electron chi connectivity index (χ3n) is 14.4. The minimum Gasteiger partial charge on any atom is -0.456 e. The molecule has 10 aromatic carbocycles. The van der Waals surface area contributed by atoms with Gasteiger partial charge in [0.15, 0.2) is 11.5 Å². The van der Waals surface area contributed by atoms with Gasteiger partial charge in [-0.05, 0) is 84.2 Å². The van der Waals surface area contributed by atoms with E-state index in [1.165, 1.54) is 0 Å². The predicted molar refractivity (Wildman–Crippen MR) is 296 cm³/mol. The summed E-state index contributed by atoms with van der Waals surface area (Å²) in [5.74, 6) is 0.111. The van der Waals surface area contributed by atoms with Crippen LogP contribution in [0, 0.1) is 6.57 Å². The molecule has 16 rings (SSSR count). The molecule has 0 spiro atoms. The molecule has 0 bridgehead atoms. The molecule has 0 saturated heterocycles. The summed E-state index contributed by atoms with van der Waals surface area (Å²) in [5, 5.41) is 7.48. The average molecular weight is 940 g/mol. The third-order valence-corrected chi connectivity index (χ3v) is 14.4. The summed E-state index contributed by atoms with van der Waals surface area (Å²) in [6.45, 7) is 8.04. The zero-order valence-corrected chi connectivity index (χ0v) is 38.2. The smallest absolute Gasteiger partial charge is 0.240 e. The summed E-state index contributed by atoms with van der Waals surface area (Å²) in [7, 11) is 0. The number of para-hydroxylation sites is 7. The molecule has 6 aromatic heterocycles. The minimum atomic E-state index is -0.436. The first-order valence-corrected chi connectivity index (χ1v) is 23.7. The Morgan fingerprint density at radius 2 is 0.904 bits per heavy atom. The van der Waals surface area contributed by atoms with Crippen molar-refractivity contribution in [2.75, 3.05) is 0 Å². The number of hydrogen-bond donors (Lipinski definition) is 0. The largest absolute Gasteiger partial charge is 0.456 e. The summed E-state index contributed by atoms with van der Waals surface area (Å²) >= 11 is 0. The Balaban J connectivity index is 1.17. The molecular formula is C64H36N8O. The van der Waals surface area contributed by atoms with Crippen molar-refractivity contribution in [1.29, 1.82) is 0 Å². The highest BCUT2D eigenvalue weighted by Crippen LogP contribution is 2.46. The molecule has 0 fully saturated rings.